The monoisotopic (exact) mass is 449 g/mol. The number of ether oxygens (including phenoxy) is 2. The summed E-state index contributed by atoms with van der Waals surface area (Å²) in [6.07, 6.45) is 0. The molecule has 0 unspecified atom stereocenters. The van der Waals surface area contributed by atoms with Gasteiger partial charge in [-0.25, -0.2) is 0 Å². The molecule has 1 fully saturated rings. The molecule has 3 aromatic rings. The second kappa shape index (κ2) is 9.32. The normalized spacial score (nSPS) is 18.0. The molecule has 0 bridgehead atoms. The molecule has 2 aliphatic rings. The van der Waals surface area contributed by atoms with E-state index in [-0.39, 0.29) is 12.7 Å². The molecule has 2 aromatic carbocycles. The van der Waals surface area contributed by atoms with Crippen molar-refractivity contribution in [2.24, 2.45) is 0 Å². The van der Waals surface area contributed by atoms with Crippen molar-refractivity contribution in [3.8, 4) is 21.9 Å². The van der Waals surface area contributed by atoms with E-state index in [4.69, 9.17) is 9.47 Å². The molecule has 1 aromatic heterocycles. The Kier molecular flexibility index (Phi) is 6.12. The molecule has 3 heterocycles. The third-order valence-corrected chi connectivity index (χ3v) is 6.91. The summed E-state index contributed by atoms with van der Waals surface area (Å²) in [5.74, 6) is 1.16. The molecule has 0 spiro atoms. The Morgan fingerprint density at radius 2 is 2.06 bits per heavy atom. The number of nitrogens with one attached hydrogen (secondary N) is 2. The molecule has 7 heteroatoms. The van der Waals surface area contributed by atoms with E-state index >= 15 is 0 Å². The number of nitrogens with zero attached hydrogens (tertiary/aromatic N) is 1. The predicted molar refractivity (Wildman–Crippen MR) is 126 cm³/mol. The Morgan fingerprint density at radius 3 is 2.97 bits per heavy atom. The second-order valence-corrected chi connectivity index (χ2v) is 9.48. The Bertz CT molecular complexity index is 1110. The topological polar surface area (TPSA) is 62.8 Å². The number of carbonyl (C=O) groups excluding carboxylic acids is 1. The number of amides is 1. The fraction of sp³-hybridized carbons (Fsp3) is 0.320. The summed E-state index contributed by atoms with van der Waals surface area (Å²) in [5, 5.41) is 6.50. The van der Waals surface area contributed by atoms with Crippen molar-refractivity contribution in [2.75, 3.05) is 26.4 Å². The van der Waals surface area contributed by atoms with Gasteiger partial charge in [0.05, 0.1) is 0 Å². The lowest BCUT2D eigenvalue weighted by Crippen LogP contribution is -2.48. The molecular formula is C25H27N3O3S. The van der Waals surface area contributed by atoms with E-state index < -0.39 is 0 Å². The van der Waals surface area contributed by atoms with Crippen LogP contribution in [-0.4, -0.2) is 43.3 Å². The summed E-state index contributed by atoms with van der Waals surface area (Å²) < 4.78 is 10.7. The molecule has 5 rings (SSSR count). The lowest BCUT2D eigenvalue weighted by molar-refractivity contribution is 0.0950. The van der Waals surface area contributed by atoms with Crippen molar-refractivity contribution in [1.29, 1.82) is 0 Å². The van der Waals surface area contributed by atoms with E-state index in [1.54, 1.807) is 18.2 Å². The van der Waals surface area contributed by atoms with Crippen LogP contribution in [0.2, 0.25) is 0 Å². The fourth-order valence-electron chi connectivity index (χ4n) is 4.15. The minimum atomic E-state index is -0.127. The number of hydrogen-bond donors (Lipinski definition) is 2. The molecule has 2 aliphatic heterocycles. The molecule has 166 valence electrons. The van der Waals surface area contributed by atoms with Crippen molar-refractivity contribution in [2.45, 2.75) is 26.1 Å². The summed E-state index contributed by atoms with van der Waals surface area (Å²) in [6, 6.07) is 18.6. The molecule has 32 heavy (non-hydrogen) atoms. The minimum Gasteiger partial charge on any atom is -0.454 e. The first kappa shape index (κ1) is 21.0. The third-order valence-electron chi connectivity index (χ3n) is 5.79. The summed E-state index contributed by atoms with van der Waals surface area (Å²) in [4.78, 5) is 17.7. The van der Waals surface area contributed by atoms with Gasteiger partial charge in [-0.05, 0) is 54.4 Å². The average molecular weight is 450 g/mol. The van der Waals surface area contributed by atoms with Crippen LogP contribution in [-0.2, 0) is 13.1 Å². The molecule has 1 atom stereocenters. The van der Waals surface area contributed by atoms with Crippen LogP contribution in [0.4, 0.5) is 0 Å². The first-order valence-corrected chi connectivity index (χ1v) is 11.8. The number of thiophene rings is 1. The molecule has 1 amide bonds. The smallest absolute Gasteiger partial charge is 0.251 e. The molecule has 6 nitrogen and oxygen atoms in total. The van der Waals surface area contributed by atoms with Crippen LogP contribution in [0.25, 0.3) is 10.4 Å². The van der Waals surface area contributed by atoms with Crippen LogP contribution in [0.1, 0.15) is 27.7 Å². The molecule has 2 N–H and O–H groups in total. The summed E-state index contributed by atoms with van der Waals surface area (Å²) in [6.45, 7) is 7.15. The molecule has 0 aliphatic carbocycles. The lowest BCUT2D eigenvalue weighted by Gasteiger charge is -2.31. The SMILES string of the molecule is C[C@H]1CN(Cc2ccc(-c3cccc(CNC(=O)c4ccc5c(c4)OCO5)c3)s2)CCN1. The number of piperazine rings is 1. The van der Waals surface area contributed by atoms with Gasteiger partial charge in [-0.1, -0.05) is 18.2 Å². The molecule has 0 radical (unpaired) electrons. The van der Waals surface area contributed by atoms with Gasteiger partial charge in [0, 0.05) is 54.1 Å². The summed E-state index contributed by atoms with van der Waals surface area (Å²) in [7, 11) is 0. The largest absolute Gasteiger partial charge is 0.454 e. The number of benzene rings is 2. The van der Waals surface area contributed by atoms with Gasteiger partial charge >= 0.3 is 0 Å². The Morgan fingerprint density at radius 1 is 1.16 bits per heavy atom. The van der Waals surface area contributed by atoms with Crippen LogP contribution in [0.3, 0.4) is 0 Å². The average Bonchev–Trinajstić information content (AvgIpc) is 3.47. The van der Waals surface area contributed by atoms with Gasteiger partial charge in [-0.15, -0.1) is 11.3 Å². The van der Waals surface area contributed by atoms with Gasteiger partial charge in [0.15, 0.2) is 11.5 Å². The van der Waals surface area contributed by atoms with E-state index in [0.717, 1.165) is 31.7 Å². The zero-order valence-corrected chi connectivity index (χ0v) is 18.9. The van der Waals surface area contributed by atoms with E-state index in [0.29, 0.717) is 29.6 Å². The Balaban J connectivity index is 1.21. The second-order valence-electron chi connectivity index (χ2n) is 8.31. The maximum atomic E-state index is 12.6. The first-order valence-electron chi connectivity index (χ1n) is 11.0. The van der Waals surface area contributed by atoms with E-state index in [1.807, 2.05) is 17.4 Å². The van der Waals surface area contributed by atoms with Gasteiger partial charge in [-0.2, -0.15) is 0 Å². The predicted octanol–water partition coefficient (Wildman–Crippen LogP) is 3.87. The van der Waals surface area contributed by atoms with Gasteiger partial charge < -0.3 is 20.1 Å². The van der Waals surface area contributed by atoms with Crippen molar-refractivity contribution >= 4 is 17.2 Å². The van der Waals surface area contributed by atoms with Crippen LogP contribution >= 0.6 is 11.3 Å². The molecule has 1 saturated heterocycles. The van der Waals surface area contributed by atoms with Gasteiger partial charge in [0.2, 0.25) is 6.79 Å². The maximum absolute atomic E-state index is 12.6. The summed E-state index contributed by atoms with van der Waals surface area (Å²) in [5.41, 5.74) is 2.82. The molecule has 0 saturated carbocycles. The van der Waals surface area contributed by atoms with Gasteiger partial charge in [0.1, 0.15) is 0 Å². The van der Waals surface area contributed by atoms with E-state index in [2.05, 4.69) is 52.8 Å². The van der Waals surface area contributed by atoms with Gasteiger partial charge in [-0.3, -0.25) is 9.69 Å². The summed E-state index contributed by atoms with van der Waals surface area (Å²) >= 11 is 1.85. The Hall–Kier alpha value is -2.87. The van der Waals surface area contributed by atoms with Gasteiger partial charge in [0.25, 0.3) is 5.91 Å². The lowest BCUT2D eigenvalue weighted by atomic mass is 10.1. The van der Waals surface area contributed by atoms with Crippen LogP contribution in [0.5, 0.6) is 11.5 Å². The standard InChI is InChI=1S/C25H27N3O3S/c1-17-14-28(10-9-26-17)15-21-6-8-24(32-21)19-4-2-3-18(11-19)13-27-25(29)20-5-7-22-23(12-20)31-16-30-22/h2-8,11-12,17,26H,9-10,13-16H2,1H3,(H,27,29)/t17-/m0/s1. The first-order chi connectivity index (χ1) is 15.6. The number of hydrogen-bond acceptors (Lipinski definition) is 6. The maximum Gasteiger partial charge on any atom is 0.251 e. The van der Waals surface area contributed by atoms with Crippen LogP contribution in [0, 0.1) is 0 Å². The van der Waals surface area contributed by atoms with E-state index in [9.17, 15) is 4.79 Å². The van der Waals surface area contributed by atoms with Crippen molar-refractivity contribution < 1.29 is 14.3 Å². The zero-order chi connectivity index (χ0) is 21.9. The highest BCUT2D eigenvalue weighted by Crippen LogP contribution is 2.32. The Labute approximate surface area is 192 Å². The fourth-order valence-corrected chi connectivity index (χ4v) is 5.20. The quantitative estimate of drug-likeness (QED) is 0.598. The molecular weight excluding hydrogens is 422 g/mol. The highest BCUT2D eigenvalue weighted by Gasteiger charge is 2.17. The van der Waals surface area contributed by atoms with E-state index in [1.165, 1.54) is 15.3 Å². The number of rotatable bonds is 6. The minimum absolute atomic E-state index is 0.127. The highest BCUT2D eigenvalue weighted by molar-refractivity contribution is 7.15. The van der Waals surface area contributed by atoms with Crippen LogP contribution in [0.15, 0.2) is 54.6 Å². The third kappa shape index (κ3) is 4.80. The van der Waals surface area contributed by atoms with Crippen molar-refractivity contribution in [3.63, 3.8) is 0 Å². The van der Waals surface area contributed by atoms with Crippen molar-refractivity contribution in [3.05, 3.63) is 70.6 Å². The zero-order valence-electron chi connectivity index (χ0n) is 18.1. The number of fused-ring (bicyclic) bond motifs is 1. The number of carbonyl (C=O) groups is 1. The van der Waals surface area contributed by atoms with Crippen LogP contribution < -0.4 is 20.1 Å². The highest BCUT2D eigenvalue weighted by atomic mass is 32.1. The van der Waals surface area contributed by atoms with Crippen molar-refractivity contribution in [1.82, 2.24) is 15.5 Å².